The van der Waals surface area contributed by atoms with Crippen molar-refractivity contribution in [3.05, 3.63) is 41.5 Å². The minimum absolute atomic E-state index is 0.160. The second-order valence-electron chi connectivity index (χ2n) is 5.17. The van der Waals surface area contributed by atoms with E-state index in [2.05, 4.69) is 15.3 Å². The average molecular weight is 289 g/mol. The van der Waals surface area contributed by atoms with Crippen LogP contribution in [0.15, 0.2) is 24.3 Å². The van der Waals surface area contributed by atoms with E-state index in [9.17, 15) is 4.39 Å². The smallest absolute Gasteiger partial charge is 0.224 e. The van der Waals surface area contributed by atoms with Crippen molar-refractivity contribution >= 4 is 5.82 Å². The Morgan fingerprint density at radius 3 is 2.67 bits per heavy atom. The molecule has 2 rings (SSSR count). The SMILES string of the molecule is CCNc1cc(Oc2cc(C)ccc2F)nc(C(C)C)n1. The van der Waals surface area contributed by atoms with Crippen molar-refractivity contribution in [2.45, 2.75) is 33.6 Å². The van der Waals surface area contributed by atoms with E-state index >= 15 is 0 Å². The third-order valence-corrected chi connectivity index (χ3v) is 2.90. The van der Waals surface area contributed by atoms with Gasteiger partial charge in [0.25, 0.3) is 0 Å². The first-order chi connectivity index (χ1) is 9.99. The average Bonchev–Trinajstić information content (AvgIpc) is 2.43. The summed E-state index contributed by atoms with van der Waals surface area (Å²) in [7, 11) is 0. The summed E-state index contributed by atoms with van der Waals surface area (Å²) in [6.07, 6.45) is 0. The summed E-state index contributed by atoms with van der Waals surface area (Å²) in [5.74, 6) is 1.61. The number of hydrogen-bond acceptors (Lipinski definition) is 4. The van der Waals surface area contributed by atoms with Crippen molar-refractivity contribution < 1.29 is 9.13 Å². The van der Waals surface area contributed by atoms with Crippen LogP contribution in [0.1, 0.15) is 38.1 Å². The fourth-order valence-corrected chi connectivity index (χ4v) is 1.83. The van der Waals surface area contributed by atoms with Gasteiger partial charge in [-0.05, 0) is 31.5 Å². The molecule has 0 fully saturated rings. The number of nitrogens with zero attached hydrogens (tertiary/aromatic N) is 2. The molecule has 0 amide bonds. The van der Waals surface area contributed by atoms with Crippen molar-refractivity contribution in [1.82, 2.24) is 9.97 Å². The highest BCUT2D eigenvalue weighted by Gasteiger charge is 2.11. The molecule has 0 spiro atoms. The van der Waals surface area contributed by atoms with Gasteiger partial charge < -0.3 is 10.1 Å². The van der Waals surface area contributed by atoms with Crippen LogP contribution in [0.25, 0.3) is 0 Å². The second-order valence-corrected chi connectivity index (χ2v) is 5.17. The van der Waals surface area contributed by atoms with E-state index in [1.165, 1.54) is 6.07 Å². The van der Waals surface area contributed by atoms with E-state index in [-0.39, 0.29) is 11.7 Å². The van der Waals surface area contributed by atoms with Crippen molar-refractivity contribution in [3.63, 3.8) is 0 Å². The molecule has 0 bridgehead atoms. The minimum atomic E-state index is -0.407. The largest absolute Gasteiger partial charge is 0.436 e. The summed E-state index contributed by atoms with van der Waals surface area (Å²) in [4.78, 5) is 8.75. The molecule has 1 heterocycles. The van der Waals surface area contributed by atoms with E-state index in [1.54, 1.807) is 18.2 Å². The molecule has 21 heavy (non-hydrogen) atoms. The van der Waals surface area contributed by atoms with Crippen LogP contribution < -0.4 is 10.1 Å². The number of hydrogen-bond donors (Lipinski definition) is 1. The summed E-state index contributed by atoms with van der Waals surface area (Å²) in [6.45, 7) is 8.62. The first-order valence-corrected chi connectivity index (χ1v) is 7.06. The molecular formula is C16H20FN3O. The Hall–Kier alpha value is -2.17. The van der Waals surface area contributed by atoms with Gasteiger partial charge in [-0.2, -0.15) is 4.98 Å². The minimum Gasteiger partial charge on any atom is -0.436 e. The highest BCUT2D eigenvalue weighted by molar-refractivity contribution is 5.41. The maximum atomic E-state index is 13.8. The van der Waals surface area contributed by atoms with E-state index in [1.807, 2.05) is 27.7 Å². The van der Waals surface area contributed by atoms with Gasteiger partial charge in [0.05, 0.1) is 0 Å². The van der Waals surface area contributed by atoms with Gasteiger partial charge >= 0.3 is 0 Å². The molecule has 2 aromatic rings. The zero-order valence-corrected chi connectivity index (χ0v) is 12.8. The van der Waals surface area contributed by atoms with Gasteiger partial charge in [0.1, 0.15) is 11.6 Å². The molecule has 4 nitrogen and oxygen atoms in total. The number of rotatable bonds is 5. The lowest BCUT2D eigenvalue weighted by atomic mass is 10.2. The van der Waals surface area contributed by atoms with Crippen LogP contribution >= 0.6 is 0 Å². The number of aromatic nitrogens is 2. The van der Waals surface area contributed by atoms with Crippen molar-refractivity contribution in [2.24, 2.45) is 0 Å². The molecular weight excluding hydrogens is 269 g/mol. The first kappa shape index (κ1) is 15.2. The topological polar surface area (TPSA) is 47.0 Å². The monoisotopic (exact) mass is 289 g/mol. The standard InChI is InChI=1S/C16H20FN3O/c1-5-18-14-9-15(20-16(19-14)10(2)3)21-13-8-11(4)6-7-12(13)17/h6-10H,5H2,1-4H3,(H,18,19,20). The Labute approximate surface area is 124 Å². The maximum Gasteiger partial charge on any atom is 0.224 e. The Morgan fingerprint density at radius 2 is 2.00 bits per heavy atom. The van der Waals surface area contributed by atoms with Crippen molar-refractivity contribution in [2.75, 3.05) is 11.9 Å². The molecule has 5 heteroatoms. The number of benzene rings is 1. The molecule has 0 atom stereocenters. The fraction of sp³-hybridized carbons (Fsp3) is 0.375. The summed E-state index contributed by atoms with van der Waals surface area (Å²) in [5.41, 5.74) is 0.927. The van der Waals surface area contributed by atoms with Crippen molar-refractivity contribution in [1.29, 1.82) is 0 Å². The predicted molar refractivity (Wildman–Crippen MR) is 81.5 cm³/mol. The molecule has 0 aliphatic carbocycles. The van der Waals surface area contributed by atoms with Crippen LogP contribution in [0.4, 0.5) is 10.2 Å². The van der Waals surface area contributed by atoms with E-state index < -0.39 is 5.82 Å². The Kier molecular flexibility index (Phi) is 4.73. The lowest BCUT2D eigenvalue weighted by Crippen LogP contribution is -2.06. The number of aryl methyl sites for hydroxylation is 1. The fourth-order valence-electron chi connectivity index (χ4n) is 1.83. The summed E-state index contributed by atoms with van der Waals surface area (Å²) >= 11 is 0. The van der Waals surface area contributed by atoms with Crippen LogP contribution in [-0.2, 0) is 0 Å². The van der Waals surface area contributed by atoms with Gasteiger partial charge in [0.15, 0.2) is 11.6 Å². The van der Waals surface area contributed by atoms with Crippen molar-refractivity contribution in [3.8, 4) is 11.6 Å². The van der Waals surface area contributed by atoms with E-state index in [4.69, 9.17) is 4.74 Å². The lowest BCUT2D eigenvalue weighted by molar-refractivity contribution is 0.423. The van der Waals surface area contributed by atoms with Gasteiger partial charge in [-0.15, -0.1) is 0 Å². The van der Waals surface area contributed by atoms with Gasteiger partial charge in [-0.1, -0.05) is 19.9 Å². The highest BCUT2D eigenvalue weighted by atomic mass is 19.1. The van der Waals surface area contributed by atoms with Crippen LogP contribution in [0.2, 0.25) is 0 Å². The first-order valence-electron chi connectivity index (χ1n) is 7.06. The molecule has 0 aliphatic heterocycles. The van der Waals surface area contributed by atoms with Crippen LogP contribution in [0, 0.1) is 12.7 Å². The normalized spacial score (nSPS) is 10.8. The lowest BCUT2D eigenvalue weighted by Gasteiger charge is -2.12. The summed E-state index contributed by atoms with van der Waals surface area (Å²) in [5, 5.41) is 3.13. The molecule has 1 aromatic carbocycles. The molecule has 1 N–H and O–H groups in total. The third kappa shape index (κ3) is 3.90. The van der Waals surface area contributed by atoms with Gasteiger partial charge in [-0.3, -0.25) is 0 Å². The quantitative estimate of drug-likeness (QED) is 0.892. The molecule has 0 saturated carbocycles. The molecule has 0 saturated heterocycles. The second kappa shape index (κ2) is 6.52. The predicted octanol–water partition coefficient (Wildman–Crippen LogP) is 4.27. The van der Waals surface area contributed by atoms with E-state index in [0.717, 1.165) is 12.1 Å². The number of anilines is 1. The Bertz CT molecular complexity index is 629. The Balaban J connectivity index is 2.36. The van der Waals surface area contributed by atoms with Gasteiger partial charge in [0, 0.05) is 18.5 Å². The zero-order valence-electron chi connectivity index (χ0n) is 12.8. The molecule has 0 radical (unpaired) electrons. The van der Waals surface area contributed by atoms with E-state index in [0.29, 0.717) is 17.5 Å². The van der Waals surface area contributed by atoms with Crippen LogP contribution in [0.5, 0.6) is 11.6 Å². The van der Waals surface area contributed by atoms with Crippen LogP contribution in [0.3, 0.4) is 0 Å². The van der Waals surface area contributed by atoms with Crippen LogP contribution in [-0.4, -0.2) is 16.5 Å². The van der Waals surface area contributed by atoms with Gasteiger partial charge in [-0.25, -0.2) is 9.37 Å². The summed E-state index contributed by atoms with van der Waals surface area (Å²) in [6, 6.07) is 6.42. The highest BCUT2D eigenvalue weighted by Crippen LogP contribution is 2.26. The molecule has 0 unspecified atom stereocenters. The zero-order chi connectivity index (χ0) is 15.4. The number of halogens is 1. The Morgan fingerprint density at radius 1 is 1.24 bits per heavy atom. The maximum absolute atomic E-state index is 13.8. The number of nitrogens with one attached hydrogen (secondary N) is 1. The third-order valence-electron chi connectivity index (χ3n) is 2.90. The number of ether oxygens (including phenoxy) is 1. The summed E-state index contributed by atoms with van der Waals surface area (Å²) < 4.78 is 19.4. The molecule has 1 aromatic heterocycles. The van der Waals surface area contributed by atoms with Gasteiger partial charge in [0.2, 0.25) is 5.88 Å². The molecule has 0 aliphatic rings. The molecule has 112 valence electrons.